The Morgan fingerprint density at radius 1 is 1.19 bits per heavy atom. The molecular formula is C12H18O3S. The maximum absolute atomic E-state index is 11.9. The lowest BCUT2D eigenvalue weighted by Crippen LogP contribution is -2.33. The molecule has 16 heavy (non-hydrogen) atoms. The molecule has 1 aromatic rings. The van der Waals surface area contributed by atoms with Gasteiger partial charge in [0, 0.05) is 0 Å². The maximum Gasteiger partial charge on any atom is 0.180 e. The molecule has 1 unspecified atom stereocenters. The van der Waals surface area contributed by atoms with Crippen LogP contribution in [0.3, 0.4) is 0 Å². The van der Waals surface area contributed by atoms with Crippen LogP contribution < -0.4 is 0 Å². The van der Waals surface area contributed by atoms with Crippen molar-refractivity contribution in [3.63, 3.8) is 0 Å². The van der Waals surface area contributed by atoms with E-state index in [9.17, 15) is 13.5 Å². The third-order valence-electron chi connectivity index (χ3n) is 2.48. The fraction of sp³-hybridized carbons (Fsp3) is 0.500. The Bertz CT molecular complexity index is 429. The molecule has 0 radical (unpaired) electrons. The van der Waals surface area contributed by atoms with Crippen molar-refractivity contribution in [2.75, 3.05) is 5.75 Å². The molecule has 0 aliphatic carbocycles. The minimum Gasteiger partial charge on any atom is -0.392 e. The van der Waals surface area contributed by atoms with Gasteiger partial charge in [-0.25, -0.2) is 8.42 Å². The normalized spacial score (nSPS) is 14.8. The Morgan fingerprint density at radius 3 is 2.12 bits per heavy atom. The van der Waals surface area contributed by atoms with E-state index in [1.807, 2.05) is 20.8 Å². The van der Waals surface area contributed by atoms with Crippen LogP contribution in [0.5, 0.6) is 0 Å². The van der Waals surface area contributed by atoms with Gasteiger partial charge in [-0.2, -0.15) is 0 Å². The summed E-state index contributed by atoms with van der Waals surface area (Å²) in [7, 11) is -3.39. The molecule has 0 aromatic heterocycles. The number of aliphatic hydroxyl groups is 1. The van der Waals surface area contributed by atoms with Gasteiger partial charge in [0.25, 0.3) is 0 Å². The lowest BCUT2D eigenvalue weighted by Gasteiger charge is -2.25. The van der Waals surface area contributed by atoms with E-state index < -0.39 is 21.4 Å². The van der Waals surface area contributed by atoms with E-state index in [0.29, 0.717) is 0 Å². The fourth-order valence-electron chi connectivity index (χ4n) is 1.18. The number of rotatable bonds is 3. The van der Waals surface area contributed by atoms with Crippen LogP contribution in [0.1, 0.15) is 20.8 Å². The van der Waals surface area contributed by atoms with Crippen molar-refractivity contribution in [3.8, 4) is 0 Å². The van der Waals surface area contributed by atoms with Gasteiger partial charge in [0.15, 0.2) is 9.84 Å². The van der Waals surface area contributed by atoms with Crippen molar-refractivity contribution in [1.82, 2.24) is 0 Å². The summed E-state index contributed by atoms with van der Waals surface area (Å²) >= 11 is 0. The predicted octanol–water partition coefficient (Wildman–Crippen LogP) is 1.87. The summed E-state index contributed by atoms with van der Waals surface area (Å²) in [5, 5.41) is 9.80. The zero-order chi connectivity index (χ0) is 12.4. The van der Waals surface area contributed by atoms with Crippen LogP contribution in [-0.2, 0) is 9.84 Å². The Hall–Kier alpha value is -0.870. The van der Waals surface area contributed by atoms with E-state index in [0.717, 1.165) is 0 Å². The SMILES string of the molecule is CC(C)(C)C(O)CS(=O)(=O)c1ccccc1. The van der Waals surface area contributed by atoms with Gasteiger partial charge in [0.1, 0.15) is 0 Å². The third-order valence-corrected chi connectivity index (χ3v) is 4.22. The van der Waals surface area contributed by atoms with E-state index in [1.54, 1.807) is 30.3 Å². The van der Waals surface area contributed by atoms with Crippen molar-refractivity contribution in [1.29, 1.82) is 0 Å². The van der Waals surface area contributed by atoms with Crippen molar-refractivity contribution >= 4 is 9.84 Å². The molecule has 1 aromatic carbocycles. The van der Waals surface area contributed by atoms with E-state index in [1.165, 1.54) is 0 Å². The van der Waals surface area contributed by atoms with Crippen LogP contribution in [0.15, 0.2) is 35.2 Å². The van der Waals surface area contributed by atoms with Crippen LogP contribution >= 0.6 is 0 Å². The number of hydrogen-bond donors (Lipinski definition) is 1. The molecule has 1 rings (SSSR count). The first-order chi connectivity index (χ1) is 7.23. The number of sulfone groups is 1. The number of hydrogen-bond acceptors (Lipinski definition) is 3. The lowest BCUT2D eigenvalue weighted by molar-refractivity contribution is 0.0826. The summed E-state index contributed by atoms with van der Waals surface area (Å²) in [5.41, 5.74) is -0.429. The first-order valence-corrected chi connectivity index (χ1v) is 6.84. The molecule has 1 atom stereocenters. The van der Waals surface area contributed by atoms with Crippen LogP contribution in [0.2, 0.25) is 0 Å². The van der Waals surface area contributed by atoms with Gasteiger partial charge in [0.2, 0.25) is 0 Å². The predicted molar refractivity (Wildman–Crippen MR) is 64.0 cm³/mol. The Labute approximate surface area is 97.0 Å². The molecule has 4 heteroatoms. The molecule has 0 fully saturated rings. The highest BCUT2D eigenvalue weighted by Crippen LogP contribution is 2.22. The lowest BCUT2D eigenvalue weighted by atomic mass is 9.90. The second-order valence-electron chi connectivity index (χ2n) is 4.98. The first kappa shape index (κ1) is 13.2. The number of aliphatic hydroxyl groups excluding tert-OH is 1. The quantitative estimate of drug-likeness (QED) is 0.880. The smallest absolute Gasteiger partial charge is 0.180 e. The second kappa shape index (κ2) is 4.55. The average Bonchev–Trinajstić information content (AvgIpc) is 2.17. The fourth-order valence-corrected chi connectivity index (χ4v) is 2.86. The number of benzene rings is 1. The Morgan fingerprint density at radius 2 is 1.69 bits per heavy atom. The van der Waals surface area contributed by atoms with Crippen molar-refractivity contribution in [2.45, 2.75) is 31.8 Å². The summed E-state index contributed by atoms with van der Waals surface area (Å²) in [4.78, 5) is 0.262. The molecule has 0 heterocycles. The van der Waals surface area contributed by atoms with Crippen molar-refractivity contribution < 1.29 is 13.5 Å². The summed E-state index contributed by atoms with van der Waals surface area (Å²) in [6, 6.07) is 8.21. The minimum atomic E-state index is -3.39. The van der Waals surface area contributed by atoms with Crippen molar-refractivity contribution in [2.24, 2.45) is 5.41 Å². The molecule has 3 nitrogen and oxygen atoms in total. The minimum absolute atomic E-state index is 0.236. The second-order valence-corrected chi connectivity index (χ2v) is 7.01. The van der Waals surface area contributed by atoms with Gasteiger partial charge in [-0.1, -0.05) is 39.0 Å². The Kier molecular flexibility index (Phi) is 3.76. The molecule has 0 spiro atoms. The molecule has 90 valence electrons. The molecule has 0 saturated heterocycles. The molecule has 0 bridgehead atoms. The van der Waals surface area contributed by atoms with Gasteiger partial charge in [-0.3, -0.25) is 0 Å². The summed E-state index contributed by atoms with van der Waals surface area (Å²) < 4.78 is 23.9. The molecular weight excluding hydrogens is 224 g/mol. The monoisotopic (exact) mass is 242 g/mol. The van der Waals surface area contributed by atoms with Crippen LogP contribution in [-0.4, -0.2) is 25.4 Å². The first-order valence-electron chi connectivity index (χ1n) is 5.19. The zero-order valence-electron chi connectivity index (χ0n) is 9.84. The summed E-state index contributed by atoms with van der Waals surface area (Å²) in [5.74, 6) is -0.236. The summed E-state index contributed by atoms with van der Waals surface area (Å²) in [6.45, 7) is 5.45. The van der Waals surface area contributed by atoms with Gasteiger partial charge in [-0.05, 0) is 17.5 Å². The van der Waals surface area contributed by atoms with Crippen LogP contribution in [0, 0.1) is 5.41 Å². The highest BCUT2D eigenvalue weighted by Gasteiger charge is 2.28. The average molecular weight is 242 g/mol. The van der Waals surface area contributed by atoms with Gasteiger partial charge in [-0.15, -0.1) is 0 Å². The molecule has 0 aliphatic heterocycles. The summed E-state index contributed by atoms with van der Waals surface area (Å²) in [6.07, 6.45) is -0.863. The zero-order valence-corrected chi connectivity index (χ0v) is 10.7. The maximum atomic E-state index is 11.9. The molecule has 1 N–H and O–H groups in total. The van der Waals surface area contributed by atoms with E-state index in [-0.39, 0.29) is 10.6 Å². The molecule has 0 aliphatic rings. The standard InChI is InChI=1S/C12H18O3S/c1-12(2,3)11(13)9-16(14,15)10-7-5-4-6-8-10/h4-8,11,13H,9H2,1-3H3. The largest absolute Gasteiger partial charge is 0.392 e. The molecule has 0 amide bonds. The highest BCUT2D eigenvalue weighted by molar-refractivity contribution is 7.91. The Balaban J connectivity index is 2.90. The van der Waals surface area contributed by atoms with Crippen LogP contribution in [0.4, 0.5) is 0 Å². The van der Waals surface area contributed by atoms with E-state index in [2.05, 4.69) is 0 Å². The van der Waals surface area contributed by atoms with Crippen molar-refractivity contribution in [3.05, 3.63) is 30.3 Å². The van der Waals surface area contributed by atoms with Gasteiger partial charge >= 0.3 is 0 Å². The third kappa shape index (κ3) is 3.32. The van der Waals surface area contributed by atoms with Crippen LogP contribution in [0.25, 0.3) is 0 Å². The van der Waals surface area contributed by atoms with Gasteiger partial charge in [0.05, 0.1) is 16.8 Å². The van der Waals surface area contributed by atoms with Gasteiger partial charge < -0.3 is 5.11 Å². The topological polar surface area (TPSA) is 54.4 Å². The van der Waals surface area contributed by atoms with E-state index in [4.69, 9.17) is 0 Å². The van der Waals surface area contributed by atoms with E-state index >= 15 is 0 Å². The highest BCUT2D eigenvalue weighted by atomic mass is 32.2. The molecule has 0 saturated carbocycles.